The lowest BCUT2D eigenvalue weighted by Gasteiger charge is -2.52. The summed E-state index contributed by atoms with van der Waals surface area (Å²) in [5.74, 6) is 0.192. The molecule has 7 rings (SSSR count). The van der Waals surface area contributed by atoms with Crippen LogP contribution in [0.4, 0.5) is 0 Å². The molecule has 0 saturated carbocycles. The van der Waals surface area contributed by atoms with Crippen LogP contribution >= 0.6 is 18.9 Å². The summed E-state index contributed by atoms with van der Waals surface area (Å²) >= 11 is 6.61. The fourth-order valence-electron chi connectivity index (χ4n) is 6.89. The van der Waals surface area contributed by atoms with Crippen LogP contribution in [0.25, 0.3) is 0 Å². The average Bonchev–Trinajstić information content (AvgIpc) is 3.61. The lowest BCUT2D eigenvalue weighted by atomic mass is 9.75. The number of carbonyl (C=O) groups excluding carboxylic acids is 1. The first kappa shape index (κ1) is 34.2. The first-order valence-electron chi connectivity index (χ1n) is 16.5. The Hall–Kier alpha value is -4.28. The van der Waals surface area contributed by atoms with Crippen LogP contribution < -0.4 is 5.32 Å². The molecule has 1 fully saturated rings. The number of nitrogens with zero attached hydrogens (tertiary/aromatic N) is 6. The first-order chi connectivity index (χ1) is 24.4. The van der Waals surface area contributed by atoms with E-state index in [2.05, 4.69) is 88.0 Å². The second-order valence-electron chi connectivity index (χ2n) is 12.5. The Bertz CT molecular complexity index is 1740. The van der Waals surface area contributed by atoms with E-state index in [1.807, 2.05) is 60.1 Å². The molecule has 1 N–H and O–H groups in total. The van der Waals surface area contributed by atoms with Crippen molar-refractivity contribution in [3.05, 3.63) is 144 Å². The molecule has 3 aliphatic rings. The Balaban J connectivity index is 1.25. The predicted molar refractivity (Wildman–Crippen MR) is 200 cm³/mol. The summed E-state index contributed by atoms with van der Waals surface area (Å²) in [5.41, 5.74) is 3.25. The number of amides is 1. The Labute approximate surface area is 298 Å². The van der Waals surface area contributed by atoms with Crippen molar-refractivity contribution in [2.45, 2.75) is 30.1 Å². The van der Waals surface area contributed by atoms with Crippen molar-refractivity contribution in [2.24, 2.45) is 15.0 Å². The molecular weight excluding hydrogens is 669 g/mol. The maximum atomic E-state index is 13.1. The molecule has 3 unspecified atom stereocenters. The molecule has 4 aromatic carbocycles. The van der Waals surface area contributed by atoms with E-state index in [1.165, 1.54) is 6.34 Å². The molecule has 0 aliphatic carbocycles. The van der Waals surface area contributed by atoms with E-state index in [4.69, 9.17) is 30.5 Å². The number of fused-ring (bicyclic) bond motifs is 1. The van der Waals surface area contributed by atoms with Gasteiger partial charge < -0.3 is 19.5 Å². The fraction of sp³-hybridized carbons (Fsp3) is 0.263. The van der Waals surface area contributed by atoms with Crippen molar-refractivity contribution in [3.63, 3.8) is 0 Å². The normalized spacial score (nSPS) is 22.6. The molecular formula is C38H39ClN7O3P. The standard InChI is InChI=1S/C38H39ClN7O3P/c1-44(2)50(39)48-25-32-23-45(38(29-17-9-4-10-18-29,30-19-11-5-12-20-30)31-21-13-6-14-22-31)24-33(49-32)46-27-42-34-35(40-26-41-36(34)46)43-37(47)28-15-7-3-8-16-28/h3-22,26-27,32-34,36H,23-25H2,1-2H3,(H,40,41,43,47)/t32-,33+,34?,36?,50?/m0/s1. The first-order valence-corrected chi connectivity index (χ1v) is 18.7. The van der Waals surface area contributed by atoms with Crippen LogP contribution in [-0.2, 0) is 14.8 Å². The molecule has 1 saturated heterocycles. The van der Waals surface area contributed by atoms with E-state index >= 15 is 0 Å². The van der Waals surface area contributed by atoms with Crippen molar-refractivity contribution < 1.29 is 14.1 Å². The Morgan fingerprint density at radius 1 is 0.880 bits per heavy atom. The van der Waals surface area contributed by atoms with Gasteiger partial charge in [-0.1, -0.05) is 109 Å². The van der Waals surface area contributed by atoms with Crippen LogP contribution in [0.3, 0.4) is 0 Å². The highest BCUT2D eigenvalue weighted by Gasteiger charge is 2.49. The largest absolute Gasteiger partial charge is 0.350 e. The van der Waals surface area contributed by atoms with Gasteiger partial charge in [0.25, 0.3) is 5.91 Å². The molecule has 4 aromatic rings. The van der Waals surface area contributed by atoms with Gasteiger partial charge in [-0.15, -0.1) is 0 Å². The minimum atomic E-state index is -1.32. The number of rotatable bonds is 10. The van der Waals surface area contributed by atoms with Gasteiger partial charge in [0.1, 0.15) is 18.4 Å². The SMILES string of the molecule is CN(C)P(Cl)OC[C@@H]1CN(C(c2ccccc2)(c2ccccc2)c2ccccc2)C[C@H](N2C=NC3C(NC(=O)c4ccccc4)=NC=NC32)O1. The zero-order valence-electron chi connectivity index (χ0n) is 27.9. The molecule has 5 atom stereocenters. The molecule has 10 nitrogen and oxygen atoms in total. The van der Waals surface area contributed by atoms with Crippen molar-refractivity contribution in [2.75, 3.05) is 33.8 Å². The van der Waals surface area contributed by atoms with Crippen LogP contribution in [0.5, 0.6) is 0 Å². The Morgan fingerprint density at radius 3 is 2.00 bits per heavy atom. The lowest BCUT2D eigenvalue weighted by Crippen LogP contribution is -2.63. The van der Waals surface area contributed by atoms with Crippen molar-refractivity contribution in [3.8, 4) is 0 Å². The van der Waals surface area contributed by atoms with Crippen molar-refractivity contribution in [1.29, 1.82) is 0 Å². The van der Waals surface area contributed by atoms with Crippen molar-refractivity contribution in [1.82, 2.24) is 19.8 Å². The topological polar surface area (TPSA) is 94.4 Å². The highest BCUT2D eigenvalue weighted by atomic mass is 35.7. The molecule has 1 amide bonds. The zero-order chi connectivity index (χ0) is 34.5. The highest BCUT2D eigenvalue weighted by molar-refractivity contribution is 7.78. The third kappa shape index (κ3) is 6.88. The third-order valence-corrected chi connectivity index (χ3v) is 11.3. The summed E-state index contributed by atoms with van der Waals surface area (Å²) in [4.78, 5) is 31.6. The molecule has 3 aliphatic heterocycles. The summed E-state index contributed by atoms with van der Waals surface area (Å²) in [5, 5.41) is 2.97. The van der Waals surface area contributed by atoms with E-state index in [0.717, 1.165) is 16.7 Å². The summed E-state index contributed by atoms with van der Waals surface area (Å²) in [7, 11) is 2.48. The number of aliphatic imine (C=N–C) groups is 3. The van der Waals surface area contributed by atoms with E-state index in [-0.39, 0.29) is 18.6 Å². The van der Waals surface area contributed by atoms with Crippen LogP contribution in [0.15, 0.2) is 136 Å². The third-order valence-electron chi connectivity index (χ3n) is 9.14. The number of amidine groups is 1. The smallest absolute Gasteiger partial charge is 0.256 e. The molecule has 12 heteroatoms. The number of benzene rings is 4. The fourth-order valence-corrected chi connectivity index (χ4v) is 7.58. The minimum Gasteiger partial charge on any atom is -0.350 e. The van der Waals surface area contributed by atoms with Gasteiger partial charge in [-0.2, -0.15) is 0 Å². The molecule has 0 spiro atoms. The number of carbonyl (C=O) groups is 1. The van der Waals surface area contributed by atoms with Gasteiger partial charge >= 0.3 is 0 Å². The van der Waals surface area contributed by atoms with Gasteiger partial charge in [0.05, 0.1) is 24.6 Å². The van der Waals surface area contributed by atoms with Crippen LogP contribution in [-0.4, -0.2) is 97.2 Å². The van der Waals surface area contributed by atoms with Gasteiger partial charge in [-0.25, -0.2) is 9.98 Å². The van der Waals surface area contributed by atoms with Gasteiger partial charge in [0.15, 0.2) is 12.2 Å². The zero-order valence-corrected chi connectivity index (χ0v) is 29.5. The monoisotopic (exact) mass is 707 g/mol. The van der Waals surface area contributed by atoms with Crippen LogP contribution in [0.2, 0.25) is 0 Å². The Kier molecular flexibility index (Phi) is 10.5. The van der Waals surface area contributed by atoms with Crippen LogP contribution in [0.1, 0.15) is 27.0 Å². The number of halogens is 1. The summed E-state index contributed by atoms with van der Waals surface area (Å²) in [6.07, 6.45) is 1.98. The number of nitrogens with one attached hydrogen (secondary N) is 1. The maximum absolute atomic E-state index is 13.1. The second-order valence-corrected chi connectivity index (χ2v) is 14.8. The van der Waals surface area contributed by atoms with Crippen LogP contribution in [0, 0.1) is 0 Å². The van der Waals surface area contributed by atoms with E-state index < -0.39 is 31.6 Å². The van der Waals surface area contributed by atoms with Gasteiger partial charge in [0.2, 0.25) is 7.65 Å². The molecule has 0 aromatic heterocycles. The number of morpholine rings is 1. The number of hydrogen-bond donors (Lipinski definition) is 1. The maximum Gasteiger partial charge on any atom is 0.256 e. The summed E-state index contributed by atoms with van der Waals surface area (Å²) in [6.45, 7) is 1.36. The number of ether oxygens (including phenoxy) is 1. The average molecular weight is 708 g/mol. The summed E-state index contributed by atoms with van der Waals surface area (Å²) in [6, 6.07) is 40.4. The van der Waals surface area contributed by atoms with E-state index in [9.17, 15) is 4.79 Å². The molecule has 50 heavy (non-hydrogen) atoms. The van der Waals surface area contributed by atoms with E-state index in [1.54, 1.807) is 18.5 Å². The van der Waals surface area contributed by atoms with Crippen molar-refractivity contribution >= 4 is 43.3 Å². The molecule has 256 valence electrons. The lowest BCUT2D eigenvalue weighted by molar-refractivity contribution is -0.160. The van der Waals surface area contributed by atoms with Gasteiger partial charge in [-0.05, 0) is 54.2 Å². The second kappa shape index (κ2) is 15.3. The molecule has 0 radical (unpaired) electrons. The van der Waals surface area contributed by atoms with E-state index in [0.29, 0.717) is 24.5 Å². The molecule has 0 bridgehead atoms. The highest BCUT2D eigenvalue weighted by Crippen LogP contribution is 2.46. The van der Waals surface area contributed by atoms with Gasteiger partial charge in [-0.3, -0.25) is 19.4 Å². The predicted octanol–water partition coefficient (Wildman–Crippen LogP) is 5.96. The quantitative estimate of drug-likeness (QED) is 0.162. The van der Waals surface area contributed by atoms with Gasteiger partial charge in [0, 0.05) is 18.7 Å². The summed E-state index contributed by atoms with van der Waals surface area (Å²) < 4.78 is 14.9. The number of hydrogen-bond acceptors (Lipinski definition) is 9. The Morgan fingerprint density at radius 2 is 1.44 bits per heavy atom. The molecule has 3 heterocycles. The minimum absolute atomic E-state index is 0.249.